The van der Waals surface area contributed by atoms with Crippen molar-refractivity contribution in [2.45, 2.75) is 58.2 Å². The highest BCUT2D eigenvalue weighted by atomic mass is 16.5. The number of rotatable bonds is 4. The van der Waals surface area contributed by atoms with Crippen LogP contribution in [0.2, 0.25) is 6.82 Å². The minimum Gasteiger partial charge on any atom is -0.543 e. The van der Waals surface area contributed by atoms with Crippen LogP contribution < -0.4 is 0 Å². The van der Waals surface area contributed by atoms with E-state index in [-0.39, 0.29) is 23.8 Å². The first kappa shape index (κ1) is 16.4. The lowest BCUT2D eigenvalue weighted by atomic mass is 9.69. The second-order valence-electron chi connectivity index (χ2n) is 6.50. The smallest absolute Gasteiger partial charge is 0.340 e. The zero-order valence-corrected chi connectivity index (χ0v) is 13.3. The molecule has 0 N–H and O–H groups in total. The van der Waals surface area contributed by atoms with E-state index < -0.39 is 0 Å². The van der Waals surface area contributed by atoms with Crippen LogP contribution in [0, 0.1) is 23.7 Å². The summed E-state index contributed by atoms with van der Waals surface area (Å²) in [6, 6.07) is 0. The van der Waals surface area contributed by atoms with Crippen LogP contribution >= 0.6 is 0 Å². The molecule has 2 rings (SSSR count). The topological polar surface area (TPSA) is 52.6 Å². The second kappa shape index (κ2) is 7.90. The molecule has 2 aliphatic rings. The fraction of sp³-hybridized carbons (Fsp3) is 0.867. The first-order chi connectivity index (χ1) is 10.2. The minimum absolute atomic E-state index is 0.00894. The molecule has 21 heavy (non-hydrogen) atoms. The summed E-state index contributed by atoms with van der Waals surface area (Å²) in [5.41, 5.74) is 0. The van der Waals surface area contributed by atoms with Gasteiger partial charge in [-0.15, -0.1) is 0 Å². The Kier molecular flexibility index (Phi) is 6.19. The maximum Gasteiger partial charge on any atom is 0.340 e. The van der Waals surface area contributed by atoms with Crippen LogP contribution in [0.5, 0.6) is 0 Å². The third kappa shape index (κ3) is 4.27. The van der Waals surface area contributed by atoms with Crippen molar-refractivity contribution in [3.8, 4) is 0 Å². The summed E-state index contributed by atoms with van der Waals surface area (Å²) in [7, 11) is 1.96. The lowest BCUT2D eigenvalue weighted by Crippen LogP contribution is -2.31. The van der Waals surface area contributed by atoms with Gasteiger partial charge in [-0.05, 0) is 63.2 Å². The van der Waals surface area contributed by atoms with Gasteiger partial charge < -0.3 is 9.31 Å². The zero-order valence-electron chi connectivity index (χ0n) is 13.3. The van der Waals surface area contributed by atoms with Gasteiger partial charge in [0.15, 0.2) is 0 Å². The van der Waals surface area contributed by atoms with Crippen molar-refractivity contribution in [1.29, 1.82) is 0 Å². The fourth-order valence-electron chi connectivity index (χ4n) is 4.08. The summed E-state index contributed by atoms with van der Waals surface area (Å²) in [5.74, 6) is 1.64. The molecule has 0 aromatic rings. The van der Waals surface area contributed by atoms with E-state index in [9.17, 15) is 9.59 Å². The highest BCUT2D eigenvalue weighted by Crippen LogP contribution is 2.41. The van der Waals surface area contributed by atoms with Gasteiger partial charge in [-0.2, -0.15) is 0 Å². The van der Waals surface area contributed by atoms with Crippen molar-refractivity contribution < 1.29 is 18.9 Å². The quantitative estimate of drug-likeness (QED) is 0.739. The average molecular weight is 292 g/mol. The molecule has 6 heteroatoms. The molecule has 2 saturated carbocycles. The van der Waals surface area contributed by atoms with Crippen molar-refractivity contribution in [3.05, 3.63) is 0 Å². The maximum atomic E-state index is 11.8. The predicted molar refractivity (Wildman–Crippen MR) is 84.6 cm³/mol. The largest absolute Gasteiger partial charge is 0.543 e. The Morgan fingerprint density at radius 2 is 1.29 bits per heavy atom. The predicted octanol–water partition coefficient (Wildman–Crippen LogP) is 1.63. The van der Waals surface area contributed by atoms with Crippen molar-refractivity contribution >= 4 is 27.5 Å². The summed E-state index contributed by atoms with van der Waals surface area (Å²) in [6.45, 7) is 1.86. The molecule has 0 aromatic heterocycles. The summed E-state index contributed by atoms with van der Waals surface area (Å²) in [6.07, 6.45) is 8.42. The number of carbonyl (C=O) groups is 2. The van der Waals surface area contributed by atoms with Crippen molar-refractivity contribution in [1.82, 2.24) is 0 Å². The van der Waals surface area contributed by atoms with Crippen LogP contribution in [0.4, 0.5) is 0 Å². The van der Waals surface area contributed by atoms with E-state index in [0.717, 1.165) is 63.2 Å². The molecule has 2 fully saturated rings. The van der Waals surface area contributed by atoms with Crippen LogP contribution in [0.25, 0.3) is 0 Å². The Morgan fingerprint density at radius 3 is 1.67 bits per heavy atom. The molecule has 0 heterocycles. The first-order valence-corrected chi connectivity index (χ1v) is 8.40. The average Bonchev–Trinajstić information content (AvgIpc) is 2.54. The molecule has 0 amide bonds. The van der Waals surface area contributed by atoms with E-state index in [1.807, 2.05) is 6.82 Å². The monoisotopic (exact) mass is 292 g/mol. The first-order valence-electron chi connectivity index (χ1n) is 8.40. The van der Waals surface area contributed by atoms with E-state index in [4.69, 9.17) is 9.31 Å². The summed E-state index contributed by atoms with van der Waals surface area (Å²) in [4.78, 5) is 23.3. The molecule has 0 bridgehead atoms. The van der Waals surface area contributed by atoms with E-state index in [2.05, 4.69) is 0 Å². The summed E-state index contributed by atoms with van der Waals surface area (Å²) >= 11 is 0. The van der Waals surface area contributed by atoms with Gasteiger partial charge in [-0.1, -0.05) is 6.82 Å². The Hall–Kier alpha value is -0.930. The maximum absolute atomic E-state index is 11.8. The normalized spacial score (nSPS) is 33.0. The standard InChI is InChI=1S/C15H26B2O4/c1-17-21-15(19)13-8-4-11(5-9-13)10-2-6-12(7-3-10)14(18)20-16/h10-13,17H,2-9,16H2,1H3. The molecule has 0 atom stereocenters. The molecule has 0 saturated heterocycles. The highest BCUT2D eigenvalue weighted by Gasteiger charge is 2.34. The Bertz CT molecular complexity index is 359. The minimum atomic E-state index is -0.0422. The molecule has 0 unspecified atom stereocenters. The Morgan fingerprint density at radius 1 is 0.857 bits per heavy atom. The van der Waals surface area contributed by atoms with Crippen LogP contribution in [0.1, 0.15) is 51.4 Å². The van der Waals surface area contributed by atoms with Crippen LogP contribution in [-0.2, 0) is 18.9 Å². The number of carbonyl (C=O) groups excluding carboxylic acids is 2. The van der Waals surface area contributed by atoms with Crippen LogP contribution in [0.15, 0.2) is 0 Å². The summed E-state index contributed by atoms with van der Waals surface area (Å²) < 4.78 is 9.97. The van der Waals surface area contributed by atoms with Gasteiger partial charge in [0.25, 0.3) is 11.9 Å². The van der Waals surface area contributed by atoms with E-state index >= 15 is 0 Å². The molecule has 0 aromatic carbocycles. The molecule has 0 radical (unpaired) electrons. The van der Waals surface area contributed by atoms with Gasteiger partial charge in [0, 0.05) is 0 Å². The third-order valence-corrected chi connectivity index (χ3v) is 5.36. The van der Waals surface area contributed by atoms with Crippen molar-refractivity contribution in [3.63, 3.8) is 0 Å². The number of hydrogen-bond acceptors (Lipinski definition) is 4. The van der Waals surface area contributed by atoms with Gasteiger partial charge in [-0.25, -0.2) is 0 Å². The van der Waals surface area contributed by atoms with E-state index in [0.29, 0.717) is 7.48 Å². The SMILES string of the molecule is BOC(=O)C1CCC(C2CCC(C(=O)OBC)CC2)CC1. The Labute approximate surface area is 129 Å². The molecule has 4 nitrogen and oxygen atoms in total. The highest BCUT2D eigenvalue weighted by molar-refractivity contribution is 6.28. The van der Waals surface area contributed by atoms with Gasteiger partial charge >= 0.3 is 15.5 Å². The molecular formula is C15H26B2O4. The zero-order chi connectivity index (χ0) is 15.2. The molecule has 116 valence electrons. The van der Waals surface area contributed by atoms with Gasteiger partial charge in [0.2, 0.25) is 0 Å². The lowest BCUT2D eigenvalue weighted by Gasteiger charge is -2.36. The molecule has 0 aliphatic heterocycles. The van der Waals surface area contributed by atoms with Gasteiger partial charge in [0.1, 0.15) is 0 Å². The van der Waals surface area contributed by atoms with E-state index in [1.54, 1.807) is 0 Å². The molecule has 2 aliphatic carbocycles. The number of hydrogen-bond donors (Lipinski definition) is 0. The van der Waals surface area contributed by atoms with Gasteiger partial charge in [-0.3, -0.25) is 9.59 Å². The van der Waals surface area contributed by atoms with E-state index in [1.165, 1.54) is 8.05 Å². The van der Waals surface area contributed by atoms with Gasteiger partial charge in [0.05, 0.1) is 11.8 Å². The summed E-state index contributed by atoms with van der Waals surface area (Å²) in [5, 5.41) is 0. The van der Waals surface area contributed by atoms with Crippen molar-refractivity contribution in [2.24, 2.45) is 23.7 Å². The van der Waals surface area contributed by atoms with Crippen molar-refractivity contribution in [2.75, 3.05) is 0 Å². The fourth-order valence-corrected chi connectivity index (χ4v) is 4.08. The van der Waals surface area contributed by atoms with Crippen LogP contribution in [-0.4, -0.2) is 27.5 Å². The lowest BCUT2D eigenvalue weighted by molar-refractivity contribution is -0.142. The third-order valence-electron chi connectivity index (χ3n) is 5.36. The second-order valence-corrected chi connectivity index (χ2v) is 6.50. The molecule has 0 spiro atoms. The molecular weight excluding hydrogens is 266 g/mol. The Balaban J connectivity index is 1.74. The van der Waals surface area contributed by atoms with Crippen LogP contribution in [0.3, 0.4) is 0 Å².